The lowest BCUT2D eigenvalue weighted by atomic mass is 10.1. The Bertz CT molecular complexity index is 979. The van der Waals surface area contributed by atoms with Crippen LogP contribution < -0.4 is 15.4 Å². The second kappa shape index (κ2) is 10.0. The lowest BCUT2D eigenvalue weighted by Gasteiger charge is -2.12. The molecule has 0 radical (unpaired) electrons. The third-order valence-corrected chi connectivity index (χ3v) is 5.06. The summed E-state index contributed by atoms with van der Waals surface area (Å²) in [7, 11) is 0. The Balaban J connectivity index is 1.48. The van der Waals surface area contributed by atoms with Crippen molar-refractivity contribution >= 4 is 58.3 Å². The van der Waals surface area contributed by atoms with Gasteiger partial charge in [0, 0.05) is 12.1 Å². The molecule has 1 aliphatic rings. The number of hydrogen-bond donors (Lipinski definition) is 2. The molecule has 2 N–H and O–H groups in total. The van der Waals surface area contributed by atoms with E-state index in [9.17, 15) is 14.4 Å². The highest BCUT2D eigenvalue weighted by Crippen LogP contribution is 2.33. The first-order valence-corrected chi connectivity index (χ1v) is 10.1. The molecule has 2 aromatic rings. The fourth-order valence-electron chi connectivity index (χ4n) is 2.41. The van der Waals surface area contributed by atoms with Crippen molar-refractivity contribution in [2.45, 2.75) is 18.9 Å². The van der Waals surface area contributed by atoms with Crippen molar-refractivity contribution in [3.8, 4) is 5.75 Å². The average molecular weight is 472 g/mol. The number of anilines is 1. The number of nitrogens with one attached hydrogen (secondary N) is 2. The highest BCUT2D eigenvalue weighted by atomic mass is 35.5. The van der Waals surface area contributed by atoms with Crippen LogP contribution in [0.25, 0.3) is 0 Å². The predicted octanol–water partition coefficient (Wildman–Crippen LogP) is 4.10. The van der Waals surface area contributed by atoms with E-state index in [4.69, 9.17) is 44.3 Å². The summed E-state index contributed by atoms with van der Waals surface area (Å²) in [5.41, 5.74) is 0.664. The molecule has 0 heterocycles. The fourth-order valence-corrected chi connectivity index (χ4v) is 3.00. The number of ether oxygens (including phenoxy) is 2. The maximum absolute atomic E-state index is 12.3. The second-order valence-electron chi connectivity index (χ2n) is 6.49. The van der Waals surface area contributed by atoms with E-state index in [2.05, 4.69) is 10.6 Å². The van der Waals surface area contributed by atoms with Crippen molar-refractivity contribution in [2.75, 3.05) is 18.5 Å². The van der Waals surface area contributed by atoms with Crippen LogP contribution in [0.15, 0.2) is 36.4 Å². The molecule has 2 aromatic carbocycles. The second-order valence-corrected chi connectivity index (χ2v) is 7.71. The van der Waals surface area contributed by atoms with Crippen LogP contribution in [-0.4, -0.2) is 37.0 Å². The molecule has 158 valence electrons. The molecule has 30 heavy (non-hydrogen) atoms. The third-order valence-electron chi connectivity index (χ3n) is 4.04. The molecular weight excluding hydrogens is 455 g/mol. The number of hydrogen-bond acceptors (Lipinski definition) is 5. The molecule has 0 saturated heterocycles. The van der Waals surface area contributed by atoms with Crippen molar-refractivity contribution in [1.82, 2.24) is 5.32 Å². The summed E-state index contributed by atoms with van der Waals surface area (Å²) < 4.78 is 10.1. The largest absolute Gasteiger partial charge is 0.480 e. The molecule has 7 nitrogen and oxygen atoms in total. The highest BCUT2D eigenvalue weighted by molar-refractivity contribution is 6.43. The number of rotatable bonds is 8. The van der Waals surface area contributed by atoms with Gasteiger partial charge in [-0.05, 0) is 31.0 Å². The van der Waals surface area contributed by atoms with Gasteiger partial charge in [-0.15, -0.1) is 0 Å². The van der Waals surface area contributed by atoms with Gasteiger partial charge in [0.2, 0.25) is 0 Å². The quantitative estimate of drug-likeness (QED) is 0.446. The van der Waals surface area contributed by atoms with Crippen LogP contribution in [0.1, 0.15) is 23.2 Å². The van der Waals surface area contributed by atoms with Crippen molar-refractivity contribution < 1.29 is 23.9 Å². The molecule has 0 unspecified atom stereocenters. The first-order valence-electron chi connectivity index (χ1n) is 8.96. The van der Waals surface area contributed by atoms with Crippen molar-refractivity contribution in [1.29, 1.82) is 0 Å². The summed E-state index contributed by atoms with van der Waals surface area (Å²) in [4.78, 5) is 36.2. The molecular formula is C20H17Cl3N2O5. The Kier molecular flexibility index (Phi) is 7.42. The summed E-state index contributed by atoms with van der Waals surface area (Å²) in [6, 6.07) is 9.52. The lowest BCUT2D eigenvalue weighted by molar-refractivity contribution is -0.149. The Morgan fingerprint density at radius 2 is 1.67 bits per heavy atom. The fraction of sp³-hybridized carbons (Fsp3) is 0.250. The topological polar surface area (TPSA) is 93.7 Å². The van der Waals surface area contributed by atoms with Gasteiger partial charge in [0.15, 0.2) is 13.2 Å². The van der Waals surface area contributed by atoms with E-state index in [0.29, 0.717) is 11.3 Å². The van der Waals surface area contributed by atoms with Gasteiger partial charge in [0.05, 0.1) is 26.3 Å². The minimum atomic E-state index is -0.785. The van der Waals surface area contributed by atoms with Gasteiger partial charge >= 0.3 is 5.97 Å². The molecule has 1 aliphatic carbocycles. The van der Waals surface area contributed by atoms with E-state index in [1.165, 1.54) is 12.1 Å². The Labute approximate surface area is 187 Å². The Hall–Kier alpha value is -2.48. The summed E-state index contributed by atoms with van der Waals surface area (Å²) in [6.45, 7) is -1.03. The normalized spacial score (nSPS) is 12.8. The standard InChI is InChI=1S/C20H17Cl3N2O5/c21-13-7-15(23)17(8-14(13)22)29-10-19(27)30-9-18(26)25-16-4-2-1-3-12(16)20(28)24-11-5-6-11/h1-4,7-8,11H,5-6,9-10H2,(H,24,28)(H,25,26). The van der Waals surface area contributed by atoms with Crippen LogP contribution >= 0.6 is 34.8 Å². The molecule has 0 aromatic heterocycles. The van der Waals surface area contributed by atoms with E-state index >= 15 is 0 Å². The summed E-state index contributed by atoms with van der Waals surface area (Å²) >= 11 is 17.7. The minimum absolute atomic E-state index is 0.156. The van der Waals surface area contributed by atoms with E-state index in [1.807, 2.05) is 0 Å². The number of carbonyl (C=O) groups excluding carboxylic acids is 3. The molecule has 0 aliphatic heterocycles. The molecule has 3 rings (SSSR count). The van der Waals surface area contributed by atoms with Crippen LogP contribution in [0.4, 0.5) is 5.69 Å². The van der Waals surface area contributed by atoms with Crippen molar-refractivity contribution in [3.05, 3.63) is 57.0 Å². The number of benzene rings is 2. The predicted molar refractivity (Wildman–Crippen MR) is 113 cm³/mol. The molecule has 1 saturated carbocycles. The van der Waals surface area contributed by atoms with Gasteiger partial charge in [-0.3, -0.25) is 9.59 Å². The maximum Gasteiger partial charge on any atom is 0.344 e. The van der Waals surface area contributed by atoms with E-state index in [1.54, 1.807) is 24.3 Å². The number of carbonyl (C=O) groups is 3. The van der Waals surface area contributed by atoms with E-state index in [0.717, 1.165) is 12.8 Å². The van der Waals surface area contributed by atoms with Crippen LogP contribution in [0.5, 0.6) is 5.75 Å². The third kappa shape index (κ3) is 6.26. The number of esters is 1. The zero-order chi connectivity index (χ0) is 21.7. The van der Waals surface area contributed by atoms with E-state index in [-0.39, 0.29) is 32.8 Å². The van der Waals surface area contributed by atoms with Crippen LogP contribution in [0, 0.1) is 0 Å². The number of amides is 2. The monoisotopic (exact) mass is 470 g/mol. The van der Waals surface area contributed by atoms with Gasteiger partial charge in [0.25, 0.3) is 11.8 Å². The highest BCUT2D eigenvalue weighted by Gasteiger charge is 2.25. The molecule has 1 fully saturated rings. The van der Waals surface area contributed by atoms with E-state index < -0.39 is 25.1 Å². The van der Waals surface area contributed by atoms with Crippen LogP contribution in [0.3, 0.4) is 0 Å². The lowest BCUT2D eigenvalue weighted by Crippen LogP contribution is -2.28. The molecule has 10 heteroatoms. The number of halogens is 3. The van der Waals surface area contributed by atoms with Gasteiger partial charge in [-0.1, -0.05) is 46.9 Å². The average Bonchev–Trinajstić information content (AvgIpc) is 3.52. The van der Waals surface area contributed by atoms with Crippen LogP contribution in [-0.2, 0) is 14.3 Å². The SMILES string of the molecule is O=C(COC(=O)COc1cc(Cl)c(Cl)cc1Cl)Nc1ccccc1C(=O)NC1CC1. The summed E-state index contributed by atoms with van der Waals surface area (Å²) in [5.74, 6) is -1.49. The Morgan fingerprint density at radius 1 is 0.967 bits per heavy atom. The first kappa shape index (κ1) is 22.2. The van der Waals surface area contributed by atoms with Crippen molar-refractivity contribution in [2.24, 2.45) is 0 Å². The Morgan fingerprint density at radius 3 is 2.40 bits per heavy atom. The number of para-hydroxylation sites is 1. The zero-order valence-electron chi connectivity index (χ0n) is 15.5. The first-order chi connectivity index (χ1) is 14.3. The maximum atomic E-state index is 12.3. The van der Waals surface area contributed by atoms with Gasteiger partial charge in [-0.25, -0.2) is 4.79 Å². The van der Waals surface area contributed by atoms with Crippen molar-refractivity contribution in [3.63, 3.8) is 0 Å². The summed E-state index contributed by atoms with van der Waals surface area (Å²) in [6.07, 6.45) is 1.90. The summed E-state index contributed by atoms with van der Waals surface area (Å²) in [5, 5.41) is 6.07. The molecule has 0 atom stereocenters. The zero-order valence-corrected chi connectivity index (χ0v) is 17.8. The molecule has 0 spiro atoms. The molecule has 0 bridgehead atoms. The van der Waals surface area contributed by atoms with Gasteiger partial charge < -0.3 is 20.1 Å². The van der Waals surface area contributed by atoms with Gasteiger partial charge in [-0.2, -0.15) is 0 Å². The smallest absolute Gasteiger partial charge is 0.344 e. The van der Waals surface area contributed by atoms with Crippen LogP contribution in [0.2, 0.25) is 15.1 Å². The minimum Gasteiger partial charge on any atom is -0.480 e. The molecule has 2 amide bonds. The van der Waals surface area contributed by atoms with Gasteiger partial charge in [0.1, 0.15) is 5.75 Å².